The predicted octanol–water partition coefficient (Wildman–Crippen LogP) is 3.02. The molecule has 2 N–H and O–H groups in total. The number of anilines is 1. The summed E-state index contributed by atoms with van der Waals surface area (Å²) >= 11 is 0. The second kappa shape index (κ2) is 6.01. The molecule has 1 saturated carbocycles. The molecule has 0 aromatic heterocycles. The van der Waals surface area contributed by atoms with E-state index in [9.17, 15) is 4.39 Å². The largest absolute Gasteiger partial charge is 0.382 e. The number of rotatable bonds is 4. The maximum atomic E-state index is 13.4. The van der Waals surface area contributed by atoms with Crippen LogP contribution in [0.5, 0.6) is 0 Å². The van der Waals surface area contributed by atoms with Gasteiger partial charge >= 0.3 is 0 Å². The van der Waals surface area contributed by atoms with Gasteiger partial charge in [-0.15, -0.1) is 0 Å². The molecule has 17 heavy (non-hydrogen) atoms. The van der Waals surface area contributed by atoms with Gasteiger partial charge in [-0.1, -0.05) is 12.1 Å². The molecular weight excluding hydrogens is 215 g/mol. The minimum atomic E-state index is -0.156. The van der Waals surface area contributed by atoms with Gasteiger partial charge in [0.25, 0.3) is 0 Å². The summed E-state index contributed by atoms with van der Waals surface area (Å²) in [4.78, 5) is 0. The molecule has 1 aliphatic carbocycles. The molecule has 1 aliphatic rings. The molecule has 0 unspecified atom stereocenters. The van der Waals surface area contributed by atoms with Gasteiger partial charge in [-0.2, -0.15) is 0 Å². The summed E-state index contributed by atoms with van der Waals surface area (Å²) in [6, 6.07) is 7.57. The minimum Gasteiger partial charge on any atom is -0.382 e. The third-order valence-electron chi connectivity index (χ3n) is 3.71. The van der Waals surface area contributed by atoms with Crippen LogP contribution in [0.25, 0.3) is 0 Å². The van der Waals surface area contributed by atoms with E-state index in [-0.39, 0.29) is 5.82 Å². The highest BCUT2D eigenvalue weighted by molar-refractivity contribution is 5.44. The topological polar surface area (TPSA) is 24.1 Å². The van der Waals surface area contributed by atoms with Gasteiger partial charge in [-0.25, -0.2) is 4.39 Å². The molecule has 2 nitrogen and oxygen atoms in total. The van der Waals surface area contributed by atoms with E-state index in [2.05, 4.69) is 10.6 Å². The molecule has 94 valence electrons. The summed E-state index contributed by atoms with van der Waals surface area (Å²) < 4.78 is 13.4. The highest BCUT2D eigenvalue weighted by Crippen LogP contribution is 2.24. The van der Waals surface area contributed by atoms with Crippen molar-refractivity contribution in [3.63, 3.8) is 0 Å². The molecule has 0 spiro atoms. The zero-order valence-electron chi connectivity index (χ0n) is 10.4. The lowest BCUT2D eigenvalue weighted by atomic mass is 9.86. The van der Waals surface area contributed by atoms with Crippen LogP contribution in [0.2, 0.25) is 0 Å². The molecule has 0 aliphatic heterocycles. The molecule has 1 fully saturated rings. The van der Waals surface area contributed by atoms with Gasteiger partial charge in [0.05, 0.1) is 5.69 Å². The summed E-state index contributed by atoms with van der Waals surface area (Å²) in [6.45, 7) is 0.886. The second-order valence-electron chi connectivity index (χ2n) is 4.87. The molecule has 0 amide bonds. The van der Waals surface area contributed by atoms with E-state index in [1.165, 1.54) is 31.7 Å². The number of hydrogen-bond donors (Lipinski definition) is 2. The Morgan fingerprint density at radius 2 is 1.88 bits per heavy atom. The zero-order chi connectivity index (χ0) is 12.1. The average molecular weight is 236 g/mol. The fourth-order valence-electron chi connectivity index (χ4n) is 2.51. The first-order valence-electron chi connectivity index (χ1n) is 6.45. The highest BCUT2D eigenvalue weighted by atomic mass is 19.1. The Bertz CT molecular complexity index is 346. The Hall–Kier alpha value is -1.09. The Kier molecular flexibility index (Phi) is 4.37. The standard InChI is InChI=1S/C14H21FN2/c1-16-12-8-6-11(7-9-12)10-17-14-5-3-2-4-13(14)15/h2-5,11-12,16-17H,6-10H2,1H3. The van der Waals surface area contributed by atoms with E-state index in [4.69, 9.17) is 0 Å². The normalized spacial score (nSPS) is 24.6. The van der Waals surface area contributed by atoms with Gasteiger partial charge < -0.3 is 10.6 Å². The van der Waals surface area contributed by atoms with Gasteiger partial charge in [0, 0.05) is 12.6 Å². The van der Waals surface area contributed by atoms with E-state index in [1.807, 2.05) is 13.1 Å². The highest BCUT2D eigenvalue weighted by Gasteiger charge is 2.19. The first kappa shape index (κ1) is 12.4. The SMILES string of the molecule is CNC1CCC(CNc2ccccc2F)CC1. The number of nitrogens with one attached hydrogen (secondary N) is 2. The van der Waals surface area contributed by atoms with Gasteiger partial charge in [0.1, 0.15) is 5.82 Å². The van der Waals surface area contributed by atoms with Crippen LogP contribution in [0.4, 0.5) is 10.1 Å². The Balaban J connectivity index is 1.78. The second-order valence-corrected chi connectivity index (χ2v) is 4.87. The van der Waals surface area contributed by atoms with E-state index in [0.717, 1.165) is 6.54 Å². The van der Waals surface area contributed by atoms with Gasteiger partial charge in [-0.3, -0.25) is 0 Å². The molecule has 3 heteroatoms. The van der Waals surface area contributed by atoms with Crippen LogP contribution < -0.4 is 10.6 Å². The molecular formula is C14H21FN2. The van der Waals surface area contributed by atoms with Crippen molar-refractivity contribution in [3.8, 4) is 0 Å². The monoisotopic (exact) mass is 236 g/mol. The smallest absolute Gasteiger partial charge is 0.146 e. The fourth-order valence-corrected chi connectivity index (χ4v) is 2.51. The lowest BCUT2D eigenvalue weighted by Crippen LogP contribution is -2.32. The Labute approximate surface area is 103 Å². The van der Waals surface area contributed by atoms with Crippen LogP contribution in [-0.4, -0.2) is 19.6 Å². The van der Waals surface area contributed by atoms with Gasteiger partial charge in [-0.05, 0) is 50.8 Å². The van der Waals surface area contributed by atoms with Crippen molar-refractivity contribution < 1.29 is 4.39 Å². The van der Waals surface area contributed by atoms with Crippen molar-refractivity contribution >= 4 is 5.69 Å². The Morgan fingerprint density at radius 3 is 2.53 bits per heavy atom. The van der Waals surface area contributed by atoms with Gasteiger partial charge in [0.2, 0.25) is 0 Å². The van der Waals surface area contributed by atoms with Crippen LogP contribution in [0, 0.1) is 11.7 Å². The number of hydrogen-bond acceptors (Lipinski definition) is 2. The lowest BCUT2D eigenvalue weighted by Gasteiger charge is -2.28. The average Bonchev–Trinajstić information content (AvgIpc) is 2.38. The van der Waals surface area contributed by atoms with Crippen LogP contribution in [0.1, 0.15) is 25.7 Å². The summed E-state index contributed by atoms with van der Waals surface area (Å²) in [5, 5.41) is 6.55. The van der Waals surface area contributed by atoms with Crippen LogP contribution in [-0.2, 0) is 0 Å². The Morgan fingerprint density at radius 1 is 1.18 bits per heavy atom. The molecule has 0 bridgehead atoms. The quantitative estimate of drug-likeness (QED) is 0.839. The van der Waals surface area contributed by atoms with Crippen molar-refractivity contribution in [2.24, 2.45) is 5.92 Å². The lowest BCUT2D eigenvalue weighted by molar-refractivity contribution is 0.312. The molecule has 0 heterocycles. The maximum Gasteiger partial charge on any atom is 0.146 e. The van der Waals surface area contributed by atoms with Crippen molar-refractivity contribution in [2.75, 3.05) is 18.9 Å². The summed E-state index contributed by atoms with van der Waals surface area (Å²) in [6.07, 6.45) is 4.93. The molecule has 1 aromatic carbocycles. The maximum absolute atomic E-state index is 13.4. The number of para-hydroxylation sites is 1. The minimum absolute atomic E-state index is 0.156. The van der Waals surface area contributed by atoms with Crippen molar-refractivity contribution in [2.45, 2.75) is 31.7 Å². The van der Waals surface area contributed by atoms with E-state index in [1.54, 1.807) is 12.1 Å². The molecule has 0 atom stereocenters. The summed E-state index contributed by atoms with van der Waals surface area (Å²) in [7, 11) is 2.03. The first-order valence-corrected chi connectivity index (χ1v) is 6.45. The number of halogens is 1. The molecule has 0 saturated heterocycles. The fraction of sp³-hybridized carbons (Fsp3) is 0.571. The first-order chi connectivity index (χ1) is 8.29. The molecule has 2 rings (SSSR count). The molecule has 0 radical (unpaired) electrons. The van der Waals surface area contributed by atoms with E-state index >= 15 is 0 Å². The summed E-state index contributed by atoms with van der Waals surface area (Å²) in [5.41, 5.74) is 0.628. The van der Waals surface area contributed by atoms with Gasteiger partial charge in [0.15, 0.2) is 0 Å². The third kappa shape index (κ3) is 3.43. The third-order valence-corrected chi connectivity index (χ3v) is 3.71. The van der Waals surface area contributed by atoms with E-state index in [0.29, 0.717) is 17.6 Å². The molecule has 1 aromatic rings. The number of benzene rings is 1. The van der Waals surface area contributed by atoms with Crippen molar-refractivity contribution in [3.05, 3.63) is 30.1 Å². The van der Waals surface area contributed by atoms with Crippen LogP contribution in [0.3, 0.4) is 0 Å². The zero-order valence-corrected chi connectivity index (χ0v) is 10.4. The van der Waals surface area contributed by atoms with Crippen LogP contribution in [0.15, 0.2) is 24.3 Å². The van der Waals surface area contributed by atoms with Crippen LogP contribution >= 0.6 is 0 Å². The summed E-state index contributed by atoms with van der Waals surface area (Å²) in [5.74, 6) is 0.524. The van der Waals surface area contributed by atoms with E-state index < -0.39 is 0 Å². The van der Waals surface area contributed by atoms with Crippen molar-refractivity contribution in [1.29, 1.82) is 0 Å². The van der Waals surface area contributed by atoms with Crippen molar-refractivity contribution in [1.82, 2.24) is 5.32 Å². The predicted molar refractivity (Wildman–Crippen MR) is 69.7 cm³/mol.